The lowest BCUT2D eigenvalue weighted by molar-refractivity contribution is 0.0326. The van der Waals surface area contributed by atoms with E-state index in [4.69, 9.17) is 4.98 Å². The average Bonchev–Trinajstić information content (AvgIpc) is 3.44. The number of aromatic nitrogens is 1. The van der Waals surface area contributed by atoms with Crippen LogP contribution in [0.15, 0.2) is 29.0 Å². The molecule has 1 aliphatic carbocycles. The van der Waals surface area contributed by atoms with Crippen molar-refractivity contribution in [2.45, 2.75) is 56.9 Å². The molecule has 2 saturated heterocycles. The Hall–Kier alpha value is -1.96. The molecule has 3 aliphatic rings. The average molecular weight is 482 g/mol. The molecule has 1 amide bonds. The first-order chi connectivity index (χ1) is 16.6. The van der Waals surface area contributed by atoms with Crippen molar-refractivity contribution in [3.63, 3.8) is 0 Å². The van der Waals surface area contributed by atoms with Crippen LogP contribution >= 0.6 is 11.3 Å². The van der Waals surface area contributed by atoms with Crippen LogP contribution in [0.1, 0.15) is 61.7 Å². The van der Waals surface area contributed by atoms with Crippen molar-refractivity contribution in [3.05, 3.63) is 34.5 Å². The van der Waals surface area contributed by atoms with Gasteiger partial charge in [-0.2, -0.15) is 11.3 Å². The number of hydrogen-bond donors (Lipinski definition) is 1. The lowest BCUT2D eigenvalue weighted by Gasteiger charge is -2.48. The molecule has 0 aromatic carbocycles. The number of thiophene rings is 1. The Morgan fingerprint density at radius 2 is 1.71 bits per heavy atom. The number of likely N-dealkylation sites (N-methyl/N-ethyl adjacent to an activating group) is 1. The van der Waals surface area contributed by atoms with Crippen LogP contribution in [-0.4, -0.2) is 79.1 Å². The molecule has 7 heteroatoms. The maximum absolute atomic E-state index is 13.6. The largest absolute Gasteiger partial charge is 0.353 e. The van der Waals surface area contributed by atoms with Crippen LogP contribution in [0.2, 0.25) is 0 Å². The zero-order valence-corrected chi connectivity index (χ0v) is 21.4. The fourth-order valence-corrected chi connectivity index (χ4v) is 6.63. The van der Waals surface area contributed by atoms with E-state index in [1.807, 2.05) is 12.1 Å². The Bertz CT molecular complexity index is 942. The summed E-state index contributed by atoms with van der Waals surface area (Å²) in [6.07, 6.45) is 10.2. The van der Waals surface area contributed by atoms with Crippen molar-refractivity contribution in [2.24, 2.45) is 0 Å². The third-order valence-electron chi connectivity index (χ3n) is 8.13. The lowest BCUT2D eigenvalue weighted by atomic mass is 9.79. The van der Waals surface area contributed by atoms with Crippen LogP contribution in [0, 0.1) is 0 Å². The number of pyridine rings is 1. The molecule has 4 heterocycles. The van der Waals surface area contributed by atoms with Gasteiger partial charge in [-0.25, -0.2) is 4.98 Å². The van der Waals surface area contributed by atoms with E-state index in [9.17, 15) is 4.79 Å². The molecule has 2 aromatic rings. The van der Waals surface area contributed by atoms with E-state index >= 15 is 0 Å². The van der Waals surface area contributed by atoms with Gasteiger partial charge in [-0.3, -0.25) is 9.69 Å². The van der Waals surface area contributed by atoms with Crippen LogP contribution in [0.5, 0.6) is 0 Å². The first-order valence-electron chi connectivity index (χ1n) is 13.2. The summed E-state index contributed by atoms with van der Waals surface area (Å²) in [5.41, 5.74) is 2.92. The first kappa shape index (κ1) is 23.8. The van der Waals surface area contributed by atoms with Gasteiger partial charge in [0.15, 0.2) is 0 Å². The highest BCUT2D eigenvalue weighted by Gasteiger charge is 2.39. The van der Waals surface area contributed by atoms with Crippen molar-refractivity contribution in [3.8, 4) is 11.3 Å². The van der Waals surface area contributed by atoms with Gasteiger partial charge in [-0.1, -0.05) is 25.7 Å². The molecular formula is C27H39N5OS. The summed E-state index contributed by atoms with van der Waals surface area (Å²) in [5, 5.41) is 7.60. The van der Waals surface area contributed by atoms with Crippen molar-refractivity contribution in [1.82, 2.24) is 20.1 Å². The first-order valence-corrected chi connectivity index (χ1v) is 14.1. The minimum absolute atomic E-state index is 0.0280. The summed E-state index contributed by atoms with van der Waals surface area (Å²) < 4.78 is 0. The monoisotopic (exact) mass is 481 g/mol. The summed E-state index contributed by atoms with van der Waals surface area (Å²) in [6.45, 7) is 6.88. The van der Waals surface area contributed by atoms with Gasteiger partial charge in [0.2, 0.25) is 0 Å². The number of carbonyl (C=O) groups is 1. The molecule has 0 bridgehead atoms. The van der Waals surface area contributed by atoms with E-state index in [2.05, 4.69) is 43.9 Å². The molecule has 0 spiro atoms. The number of rotatable bonds is 6. The molecule has 2 aliphatic heterocycles. The number of likely N-dealkylation sites (tertiary alicyclic amines) is 1. The lowest BCUT2D eigenvalue weighted by Crippen LogP contribution is -2.58. The van der Waals surface area contributed by atoms with E-state index in [1.54, 1.807) is 11.3 Å². The zero-order chi connectivity index (χ0) is 23.4. The number of piperidine rings is 1. The van der Waals surface area contributed by atoms with Crippen LogP contribution in [-0.2, 0) is 0 Å². The van der Waals surface area contributed by atoms with Crippen LogP contribution in [0.25, 0.3) is 11.3 Å². The Labute approximate surface area is 208 Å². The van der Waals surface area contributed by atoms with Crippen molar-refractivity contribution < 1.29 is 4.79 Å². The smallest absolute Gasteiger partial charge is 0.255 e. The molecule has 0 radical (unpaired) electrons. The van der Waals surface area contributed by atoms with E-state index in [0.29, 0.717) is 5.56 Å². The second-order valence-corrected chi connectivity index (χ2v) is 11.2. The predicted octanol–water partition coefficient (Wildman–Crippen LogP) is 4.48. The highest BCUT2D eigenvalue weighted by Crippen LogP contribution is 2.35. The van der Waals surface area contributed by atoms with Gasteiger partial charge in [0.1, 0.15) is 5.82 Å². The van der Waals surface area contributed by atoms with Crippen molar-refractivity contribution >= 4 is 23.1 Å². The third-order valence-corrected chi connectivity index (χ3v) is 8.81. The second-order valence-electron chi connectivity index (χ2n) is 10.4. The predicted molar refractivity (Wildman–Crippen MR) is 141 cm³/mol. The van der Waals surface area contributed by atoms with Crippen LogP contribution in [0.3, 0.4) is 0 Å². The summed E-state index contributed by atoms with van der Waals surface area (Å²) in [7, 11) is 2.16. The number of piperazine rings is 1. The minimum Gasteiger partial charge on any atom is -0.353 e. The minimum atomic E-state index is 0.0280. The third kappa shape index (κ3) is 5.16. The van der Waals surface area contributed by atoms with E-state index in [1.165, 1.54) is 64.5 Å². The van der Waals surface area contributed by atoms with Gasteiger partial charge >= 0.3 is 0 Å². The van der Waals surface area contributed by atoms with Gasteiger partial charge in [-0.15, -0.1) is 0 Å². The Balaban J connectivity index is 1.37. The molecule has 0 unspecified atom stereocenters. The number of nitrogens with zero attached hydrogens (tertiary/aromatic N) is 4. The quantitative estimate of drug-likeness (QED) is 0.659. The normalized spacial score (nSPS) is 22.0. The van der Waals surface area contributed by atoms with Crippen molar-refractivity contribution in [1.29, 1.82) is 0 Å². The van der Waals surface area contributed by atoms with Gasteiger partial charge in [0.05, 0.1) is 11.3 Å². The molecule has 5 rings (SSSR count). The Morgan fingerprint density at radius 1 is 0.971 bits per heavy atom. The maximum Gasteiger partial charge on any atom is 0.255 e. The molecule has 184 valence electrons. The molecular weight excluding hydrogens is 442 g/mol. The van der Waals surface area contributed by atoms with Gasteiger partial charge in [0.25, 0.3) is 5.91 Å². The molecule has 0 atom stereocenters. The second kappa shape index (κ2) is 10.8. The molecule has 3 fully saturated rings. The number of amides is 1. The summed E-state index contributed by atoms with van der Waals surface area (Å²) in [6, 6.07) is 6.11. The number of nitrogens with one attached hydrogen (secondary N) is 1. The van der Waals surface area contributed by atoms with E-state index in [0.717, 1.165) is 49.8 Å². The van der Waals surface area contributed by atoms with Crippen LogP contribution in [0.4, 0.5) is 5.82 Å². The topological polar surface area (TPSA) is 51.7 Å². The fourth-order valence-electron chi connectivity index (χ4n) is 5.98. The van der Waals surface area contributed by atoms with E-state index in [-0.39, 0.29) is 11.4 Å². The Morgan fingerprint density at radius 3 is 2.41 bits per heavy atom. The SMILES string of the molecule is CN1CCN(c2nc(-c3ccsc3)ccc2C(=O)NCC2(N3CCCCC3)CCCCC2)CC1. The van der Waals surface area contributed by atoms with Gasteiger partial charge in [0, 0.05) is 49.2 Å². The number of carbonyl (C=O) groups excluding carboxylic acids is 1. The summed E-state index contributed by atoms with van der Waals surface area (Å²) in [5.74, 6) is 0.866. The summed E-state index contributed by atoms with van der Waals surface area (Å²) in [4.78, 5) is 26.0. The molecule has 6 nitrogen and oxygen atoms in total. The molecule has 1 N–H and O–H groups in total. The molecule has 1 saturated carbocycles. The number of anilines is 1. The standard InChI is InChI=1S/C27H39N5OS/c1-30-15-17-31(18-16-30)25-23(8-9-24(29-25)22-10-19-34-20-22)26(33)28-21-27(11-4-2-5-12-27)32-13-6-3-7-14-32/h8-10,19-20H,2-7,11-18,21H2,1H3,(H,28,33). The van der Waals surface area contributed by atoms with Gasteiger partial charge in [-0.05, 0) is 69.4 Å². The Kier molecular flexibility index (Phi) is 7.52. The van der Waals surface area contributed by atoms with Crippen LogP contribution < -0.4 is 10.2 Å². The highest BCUT2D eigenvalue weighted by atomic mass is 32.1. The van der Waals surface area contributed by atoms with E-state index < -0.39 is 0 Å². The van der Waals surface area contributed by atoms with Gasteiger partial charge < -0.3 is 15.1 Å². The maximum atomic E-state index is 13.6. The molecule has 2 aromatic heterocycles. The number of hydrogen-bond acceptors (Lipinski definition) is 6. The molecule has 34 heavy (non-hydrogen) atoms. The fraction of sp³-hybridized carbons (Fsp3) is 0.630. The highest BCUT2D eigenvalue weighted by molar-refractivity contribution is 7.08. The zero-order valence-electron chi connectivity index (χ0n) is 20.6. The van der Waals surface area contributed by atoms with Crippen molar-refractivity contribution in [2.75, 3.05) is 57.8 Å². The summed E-state index contributed by atoms with van der Waals surface area (Å²) >= 11 is 1.68.